The van der Waals surface area contributed by atoms with Crippen LogP contribution in [-0.4, -0.2) is 18.6 Å². The number of rotatable bonds is 4. The van der Waals surface area contributed by atoms with Crippen LogP contribution in [0.2, 0.25) is 0 Å². The predicted molar refractivity (Wildman–Crippen MR) is 68.5 cm³/mol. The summed E-state index contributed by atoms with van der Waals surface area (Å²) in [5, 5.41) is 2.87. The first-order valence-corrected chi connectivity index (χ1v) is 6.61. The molecular weight excluding hydrogens is 338 g/mol. The van der Waals surface area contributed by atoms with Crippen molar-refractivity contribution in [2.24, 2.45) is 0 Å². The Kier molecular flexibility index (Phi) is 3.86. The number of carbonyl (C=O) groups is 1. The van der Waals surface area contributed by atoms with Crippen molar-refractivity contribution in [3.05, 3.63) is 27.1 Å². The molecule has 0 radical (unpaired) electrons. The molecule has 0 aliphatic heterocycles. The standard InChI is InChI=1S/C11H11Br2NO2/c12-7-1-4-10(9(13)5-7)16-6-11(15)14-8-2-3-8/h1,4-5,8H,2-3,6H2,(H,14,15). The zero-order valence-corrected chi connectivity index (χ0v) is 11.7. The summed E-state index contributed by atoms with van der Waals surface area (Å²) in [6.07, 6.45) is 2.18. The molecule has 0 heterocycles. The van der Waals surface area contributed by atoms with E-state index in [-0.39, 0.29) is 12.5 Å². The highest BCUT2D eigenvalue weighted by atomic mass is 79.9. The van der Waals surface area contributed by atoms with Crippen LogP contribution in [0.15, 0.2) is 27.1 Å². The Morgan fingerprint density at radius 2 is 2.19 bits per heavy atom. The Bertz CT molecular complexity index is 405. The molecule has 1 fully saturated rings. The first kappa shape index (κ1) is 11.9. The third-order valence-electron chi connectivity index (χ3n) is 2.20. The monoisotopic (exact) mass is 347 g/mol. The summed E-state index contributed by atoms with van der Waals surface area (Å²) in [5.41, 5.74) is 0. The van der Waals surface area contributed by atoms with Crippen LogP contribution in [0.5, 0.6) is 5.75 Å². The van der Waals surface area contributed by atoms with Crippen molar-refractivity contribution in [3.63, 3.8) is 0 Å². The van der Waals surface area contributed by atoms with E-state index in [9.17, 15) is 4.79 Å². The second-order valence-corrected chi connectivity index (χ2v) is 5.48. The lowest BCUT2D eigenvalue weighted by molar-refractivity contribution is -0.123. The molecule has 5 heteroatoms. The first-order valence-electron chi connectivity index (χ1n) is 5.02. The van der Waals surface area contributed by atoms with E-state index < -0.39 is 0 Å². The van der Waals surface area contributed by atoms with Gasteiger partial charge in [0.25, 0.3) is 5.91 Å². The Balaban J connectivity index is 1.85. The maximum Gasteiger partial charge on any atom is 0.258 e. The Hall–Kier alpha value is -0.550. The molecule has 1 saturated carbocycles. The fraction of sp³-hybridized carbons (Fsp3) is 0.364. The maximum atomic E-state index is 11.4. The van der Waals surface area contributed by atoms with Gasteiger partial charge in [0.15, 0.2) is 6.61 Å². The summed E-state index contributed by atoms with van der Waals surface area (Å²) >= 11 is 6.73. The van der Waals surface area contributed by atoms with Crippen molar-refractivity contribution in [2.75, 3.05) is 6.61 Å². The molecule has 3 nitrogen and oxygen atoms in total. The fourth-order valence-electron chi connectivity index (χ4n) is 1.23. The summed E-state index contributed by atoms with van der Waals surface area (Å²) in [6.45, 7) is 0.0662. The molecule has 1 aromatic rings. The molecule has 0 atom stereocenters. The van der Waals surface area contributed by atoms with E-state index in [2.05, 4.69) is 37.2 Å². The molecule has 0 unspecified atom stereocenters. The van der Waals surface area contributed by atoms with E-state index >= 15 is 0 Å². The quantitative estimate of drug-likeness (QED) is 0.908. The van der Waals surface area contributed by atoms with Gasteiger partial charge in [-0.15, -0.1) is 0 Å². The van der Waals surface area contributed by atoms with Crippen molar-refractivity contribution in [1.29, 1.82) is 0 Å². The van der Waals surface area contributed by atoms with Gasteiger partial charge in [-0.1, -0.05) is 15.9 Å². The van der Waals surface area contributed by atoms with E-state index in [1.54, 1.807) is 0 Å². The second kappa shape index (κ2) is 5.19. The zero-order chi connectivity index (χ0) is 11.5. The number of carbonyl (C=O) groups excluding carboxylic acids is 1. The van der Waals surface area contributed by atoms with Crippen LogP contribution in [0, 0.1) is 0 Å². The lowest BCUT2D eigenvalue weighted by Crippen LogP contribution is -2.30. The van der Waals surface area contributed by atoms with E-state index in [4.69, 9.17) is 4.74 Å². The Morgan fingerprint density at radius 1 is 1.44 bits per heavy atom. The third kappa shape index (κ3) is 3.49. The van der Waals surface area contributed by atoms with Gasteiger partial charge in [-0.05, 0) is 47.0 Å². The van der Waals surface area contributed by atoms with Gasteiger partial charge in [0, 0.05) is 10.5 Å². The lowest BCUT2D eigenvalue weighted by Gasteiger charge is -2.08. The van der Waals surface area contributed by atoms with Gasteiger partial charge in [0.1, 0.15) is 5.75 Å². The number of hydrogen-bond donors (Lipinski definition) is 1. The van der Waals surface area contributed by atoms with Crippen LogP contribution >= 0.6 is 31.9 Å². The van der Waals surface area contributed by atoms with Crippen molar-refractivity contribution in [2.45, 2.75) is 18.9 Å². The van der Waals surface area contributed by atoms with Crippen LogP contribution < -0.4 is 10.1 Å². The van der Waals surface area contributed by atoms with E-state index in [0.717, 1.165) is 21.8 Å². The fourth-order valence-corrected chi connectivity index (χ4v) is 2.39. The summed E-state index contributed by atoms with van der Waals surface area (Å²) in [7, 11) is 0. The minimum absolute atomic E-state index is 0.0580. The third-order valence-corrected chi connectivity index (χ3v) is 3.31. The largest absolute Gasteiger partial charge is 0.483 e. The van der Waals surface area contributed by atoms with Gasteiger partial charge < -0.3 is 10.1 Å². The molecule has 0 saturated heterocycles. The second-order valence-electron chi connectivity index (χ2n) is 3.71. The molecule has 1 aliphatic rings. The average molecular weight is 349 g/mol. The van der Waals surface area contributed by atoms with Crippen molar-refractivity contribution < 1.29 is 9.53 Å². The summed E-state index contributed by atoms with van der Waals surface area (Å²) in [6, 6.07) is 5.95. The van der Waals surface area contributed by atoms with Crippen molar-refractivity contribution in [1.82, 2.24) is 5.32 Å². The molecule has 86 valence electrons. The molecule has 1 N–H and O–H groups in total. The van der Waals surface area contributed by atoms with Gasteiger partial charge in [0.05, 0.1) is 4.47 Å². The van der Waals surface area contributed by atoms with E-state index in [1.807, 2.05) is 18.2 Å². The SMILES string of the molecule is O=C(COc1ccc(Br)cc1Br)NC1CC1. The highest BCUT2D eigenvalue weighted by Gasteiger charge is 2.23. The minimum Gasteiger partial charge on any atom is -0.483 e. The molecular formula is C11H11Br2NO2. The zero-order valence-electron chi connectivity index (χ0n) is 8.50. The molecule has 0 spiro atoms. The van der Waals surface area contributed by atoms with Crippen LogP contribution in [0.25, 0.3) is 0 Å². The summed E-state index contributed by atoms with van der Waals surface area (Å²) in [4.78, 5) is 11.4. The predicted octanol–water partition coefficient (Wildman–Crippen LogP) is 2.87. The molecule has 0 bridgehead atoms. The van der Waals surface area contributed by atoms with Crippen LogP contribution in [0.3, 0.4) is 0 Å². The van der Waals surface area contributed by atoms with Gasteiger partial charge in [-0.25, -0.2) is 0 Å². The number of nitrogens with one attached hydrogen (secondary N) is 1. The number of halogens is 2. The van der Waals surface area contributed by atoms with Gasteiger partial charge in [-0.2, -0.15) is 0 Å². The van der Waals surface area contributed by atoms with Crippen LogP contribution in [0.4, 0.5) is 0 Å². The topological polar surface area (TPSA) is 38.3 Å². The minimum atomic E-state index is -0.0580. The number of ether oxygens (including phenoxy) is 1. The molecule has 1 aliphatic carbocycles. The first-order chi connectivity index (χ1) is 7.65. The average Bonchev–Trinajstić information content (AvgIpc) is 3.00. The lowest BCUT2D eigenvalue weighted by atomic mass is 10.3. The normalized spacial score (nSPS) is 14.6. The molecule has 16 heavy (non-hydrogen) atoms. The number of hydrogen-bond acceptors (Lipinski definition) is 2. The van der Waals surface area contributed by atoms with Gasteiger partial charge in [0.2, 0.25) is 0 Å². The number of amides is 1. The van der Waals surface area contributed by atoms with Gasteiger partial charge in [-0.3, -0.25) is 4.79 Å². The van der Waals surface area contributed by atoms with Crippen LogP contribution in [0.1, 0.15) is 12.8 Å². The smallest absolute Gasteiger partial charge is 0.258 e. The Morgan fingerprint density at radius 3 is 2.81 bits per heavy atom. The molecule has 0 aromatic heterocycles. The molecule has 1 aromatic carbocycles. The highest BCUT2D eigenvalue weighted by molar-refractivity contribution is 9.11. The van der Waals surface area contributed by atoms with Crippen LogP contribution in [-0.2, 0) is 4.79 Å². The molecule has 1 amide bonds. The highest BCUT2D eigenvalue weighted by Crippen LogP contribution is 2.28. The maximum absolute atomic E-state index is 11.4. The summed E-state index contributed by atoms with van der Waals surface area (Å²) < 4.78 is 7.20. The number of benzene rings is 1. The van der Waals surface area contributed by atoms with Gasteiger partial charge >= 0.3 is 0 Å². The van der Waals surface area contributed by atoms with E-state index in [1.165, 1.54) is 0 Å². The molecule has 2 rings (SSSR count). The van der Waals surface area contributed by atoms with Crippen molar-refractivity contribution >= 4 is 37.8 Å². The summed E-state index contributed by atoms with van der Waals surface area (Å²) in [5.74, 6) is 0.617. The Labute approximate surface area is 111 Å². The van der Waals surface area contributed by atoms with E-state index in [0.29, 0.717) is 11.8 Å². The van der Waals surface area contributed by atoms with Crippen molar-refractivity contribution in [3.8, 4) is 5.75 Å².